The molecule has 8 heteroatoms. The fourth-order valence-corrected chi connectivity index (χ4v) is 2.87. The summed E-state index contributed by atoms with van der Waals surface area (Å²) in [6, 6.07) is 10.1. The highest BCUT2D eigenvalue weighted by Gasteiger charge is 2.29. The van der Waals surface area contributed by atoms with Crippen LogP contribution in [-0.2, 0) is 4.79 Å². The average molecular weight is 372 g/mol. The summed E-state index contributed by atoms with van der Waals surface area (Å²) in [7, 11) is 0. The van der Waals surface area contributed by atoms with E-state index in [-0.39, 0.29) is 23.8 Å². The van der Waals surface area contributed by atoms with E-state index in [2.05, 4.69) is 21.3 Å². The molecule has 0 spiro atoms. The highest BCUT2D eigenvalue weighted by molar-refractivity contribution is 7.14. The number of nitrogens with one attached hydrogen (secondary N) is 4. The maximum absolute atomic E-state index is 12.1. The first-order valence-electron chi connectivity index (χ1n) is 8.39. The lowest BCUT2D eigenvalue weighted by Gasteiger charge is -2.08. The molecule has 3 rings (SSSR count). The molecule has 0 unspecified atom stereocenters. The van der Waals surface area contributed by atoms with E-state index >= 15 is 0 Å². The van der Waals surface area contributed by atoms with E-state index in [0.717, 1.165) is 17.8 Å². The van der Waals surface area contributed by atoms with Crippen LogP contribution in [0.15, 0.2) is 41.8 Å². The van der Waals surface area contributed by atoms with Crippen LogP contribution in [0.3, 0.4) is 0 Å². The second-order valence-electron chi connectivity index (χ2n) is 5.95. The Bertz CT molecular complexity index is 770. The van der Waals surface area contributed by atoms with Gasteiger partial charge in [0.1, 0.15) is 0 Å². The molecule has 136 valence electrons. The number of hydrogen-bond acceptors (Lipinski definition) is 4. The molecule has 0 aliphatic heterocycles. The molecule has 0 atom stereocenters. The van der Waals surface area contributed by atoms with Gasteiger partial charge in [0.05, 0.1) is 5.00 Å². The quantitative estimate of drug-likeness (QED) is 0.562. The molecule has 1 aromatic carbocycles. The maximum atomic E-state index is 12.1. The number of carbonyl (C=O) groups excluding carboxylic acids is 3. The van der Waals surface area contributed by atoms with Gasteiger partial charge in [0.25, 0.3) is 5.91 Å². The van der Waals surface area contributed by atoms with Crippen LogP contribution < -0.4 is 21.3 Å². The van der Waals surface area contributed by atoms with Crippen molar-refractivity contribution >= 4 is 39.9 Å². The Hall–Kier alpha value is -2.87. The number of amides is 4. The van der Waals surface area contributed by atoms with Crippen molar-refractivity contribution in [1.82, 2.24) is 10.6 Å². The van der Waals surface area contributed by atoms with E-state index < -0.39 is 0 Å². The van der Waals surface area contributed by atoms with Gasteiger partial charge in [-0.25, -0.2) is 4.79 Å². The molecule has 1 aromatic heterocycles. The first kappa shape index (κ1) is 17.9. The Morgan fingerprint density at radius 3 is 2.35 bits per heavy atom. The third kappa shape index (κ3) is 5.32. The van der Waals surface area contributed by atoms with Crippen LogP contribution in [0.4, 0.5) is 15.5 Å². The Kier molecular flexibility index (Phi) is 5.85. The fourth-order valence-electron chi connectivity index (χ4n) is 2.25. The standard InChI is InChI=1S/C18H20N4O3S/c23-16(19-9-10-20-18(25)22-15-2-1-11-26-15)12-5-7-14(8-6-12)21-17(24)13-3-4-13/h1-2,5-8,11,13H,3-4,9-10H2,(H,19,23)(H,21,24)(H2,20,22,25). The molecular weight excluding hydrogens is 352 g/mol. The lowest BCUT2D eigenvalue weighted by atomic mass is 10.2. The van der Waals surface area contributed by atoms with Gasteiger partial charge in [-0.05, 0) is 54.6 Å². The molecule has 1 aliphatic carbocycles. The molecular formula is C18H20N4O3S. The van der Waals surface area contributed by atoms with Crippen molar-refractivity contribution in [3.05, 3.63) is 47.3 Å². The summed E-state index contributed by atoms with van der Waals surface area (Å²) in [5, 5.41) is 13.6. The zero-order chi connectivity index (χ0) is 18.4. The molecule has 4 N–H and O–H groups in total. The summed E-state index contributed by atoms with van der Waals surface area (Å²) in [6.07, 6.45) is 1.90. The molecule has 26 heavy (non-hydrogen) atoms. The number of rotatable bonds is 7. The van der Waals surface area contributed by atoms with E-state index in [4.69, 9.17) is 0 Å². The number of urea groups is 1. The van der Waals surface area contributed by atoms with Gasteiger partial charge in [-0.2, -0.15) is 0 Å². The molecule has 1 heterocycles. The minimum atomic E-state index is -0.308. The molecule has 1 fully saturated rings. The second-order valence-corrected chi connectivity index (χ2v) is 6.90. The SMILES string of the molecule is O=C(NCCNC(=O)c1ccc(NC(=O)C2CC2)cc1)Nc1cccs1. The van der Waals surface area contributed by atoms with Crippen LogP contribution >= 0.6 is 11.3 Å². The maximum Gasteiger partial charge on any atom is 0.319 e. The summed E-state index contributed by atoms with van der Waals surface area (Å²) in [5.74, 6) is -0.0536. The zero-order valence-electron chi connectivity index (χ0n) is 14.1. The third-order valence-electron chi connectivity index (χ3n) is 3.82. The molecule has 4 amide bonds. The van der Waals surface area contributed by atoms with Crippen LogP contribution in [0.2, 0.25) is 0 Å². The van der Waals surface area contributed by atoms with Gasteiger partial charge < -0.3 is 16.0 Å². The number of benzene rings is 1. The summed E-state index contributed by atoms with van der Waals surface area (Å²) >= 11 is 1.43. The third-order valence-corrected chi connectivity index (χ3v) is 4.60. The van der Waals surface area contributed by atoms with Crippen molar-refractivity contribution in [1.29, 1.82) is 0 Å². The smallest absolute Gasteiger partial charge is 0.319 e. The molecule has 0 bridgehead atoms. The van der Waals surface area contributed by atoms with Crippen LogP contribution in [-0.4, -0.2) is 30.9 Å². The molecule has 0 saturated heterocycles. The predicted molar refractivity (Wildman–Crippen MR) is 101 cm³/mol. The van der Waals surface area contributed by atoms with Gasteiger partial charge >= 0.3 is 6.03 Å². The minimum absolute atomic E-state index is 0.0362. The van der Waals surface area contributed by atoms with Crippen molar-refractivity contribution in [2.75, 3.05) is 23.7 Å². The van der Waals surface area contributed by atoms with Crippen molar-refractivity contribution in [3.63, 3.8) is 0 Å². The summed E-state index contributed by atoms with van der Waals surface area (Å²) < 4.78 is 0. The monoisotopic (exact) mass is 372 g/mol. The fraction of sp³-hybridized carbons (Fsp3) is 0.278. The van der Waals surface area contributed by atoms with E-state index in [9.17, 15) is 14.4 Å². The zero-order valence-corrected chi connectivity index (χ0v) is 14.9. The first-order valence-corrected chi connectivity index (χ1v) is 9.27. The highest BCUT2D eigenvalue weighted by Crippen LogP contribution is 2.30. The van der Waals surface area contributed by atoms with Crippen molar-refractivity contribution < 1.29 is 14.4 Å². The van der Waals surface area contributed by atoms with Gasteiger partial charge in [-0.1, -0.05) is 0 Å². The van der Waals surface area contributed by atoms with Crippen LogP contribution in [0.25, 0.3) is 0 Å². The molecule has 1 aliphatic rings. The molecule has 7 nitrogen and oxygen atoms in total. The van der Waals surface area contributed by atoms with Crippen molar-refractivity contribution in [2.45, 2.75) is 12.8 Å². The largest absolute Gasteiger partial charge is 0.350 e. The summed E-state index contributed by atoms with van der Waals surface area (Å²) in [6.45, 7) is 0.634. The highest BCUT2D eigenvalue weighted by atomic mass is 32.1. The van der Waals surface area contributed by atoms with Gasteiger partial charge in [0.15, 0.2) is 0 Å². The first-order chi connectivity index (χ1) is 12.6. The molecule has 2 aromatic rings. The molecule has 0 radical (unpaired) electrons. The normalized spacial score (nSPS) is 12.9. The van der Waals surface area contributed by atoms with Crippen molar-refractivity contribution in [3.8, 4) is 0 Å². The Balaban J connectivity index is 1.36. The van der Waals surface area contributed by atoms with E-state index in [1.165, 1.54) is 11.3 Å². The topological polar surface area (TPSA) is 99.3 Å². The predicted octanol–water partition coefficient (Wildman–Crippen LogP) is 2.65. The van der Waals surface area contributed by atoms with Gasteiger partial charge in [0, 0.05) is 30.3 Å². The molecule has 1 saturated carbocycles. The summed E-state index contributed by atoms with van der Waals surface area (Å²) in [5.41, 5.74) is 1.18. The van der Waals surface area contributed by atoms with Gasteiger partial charge in [-0.3, -0.25) is 14.9 Å². The van der Waals surface area contributed by atoms with Gasteiger partial charge in [-0.15, -0.1) is 11.3 Å². The Labute approximate surface area is 155 Å². The van der Waals surface area contributed by atoms with E-state index in [1.54, 1.807) is 24.3 Å². The van der Waals surface area contributed by atoms with Gasteiger partial charge in [0.2, 0.25) is 5.91 Å². The Morgan fingerprint density at radius 2 is 1.69 bits per heavy atom. The number of hydrogen-bond donors (Lipinski definition) is 4. The lowest BCUT2D eigenvalue weighted by molar-refractivity contribution is -0.117. The lowest BCUT2D eigenvalue weighted by Crippen LogP contribution is -2.36. The number of carbonyl (C=O) groups is 3. The Morgan fingerprint density at radius 1 is 0.962 bits per heavy atom. The average Bonchev–Trinajstić information content (AvgIpc) is 3.37. The summed E-state index contributed by atoms with van der Waals surface area (Å²) in [4.78, 5) is 35.4. The minimum Gasteiger partial charge on any atom is -0.350 e. The van der Waals surface area contributed by atoms with Crippen molar-refractivity contribution in [2.24, 2.45) is 5.92 Å². The van der Waals surface area contributed by atoms with Crippen LogP contribution in [0, 0.1) is 5.92 Å². The van der Waals surface area contributed by atoms with E-state index in [0.29, 0.717) is 24.3 Å². The van der Waals surface area contributed by atoms with Crippen LogP contribution in [0.5, 0.6) is 0 Å². The second kappa shape index (κ2) is 8.48. The number of thiophene rings is 1. The number of anilines is 2. The van der Waals surface area contributed by atoms with E-state index in [1.807, 2.05) is 17.5 Å². The van der Waals surface area contributed by atoms with Crippen LogP contribution in [0.1, 0.15) is 23.2 Å².